The van der Waals surface area contributed by atoms with E-state index in [9.17, 15) is 14.4 Å². The summed E-state index contributed by atoms with van der Waals surface area (Å²) in [4.78, 5) is 38.6. The second-order valence-electron chi connectivity index (χ2n) is 6.93. The fourth-order valence-corrected chi connectivity index (χ4v) is 4.17. The predicted molar refractivity (Wildman–Crippen MR) is 107 cm³/mol. The van der Waals surface area contributed by atoms with E-state index in [1.54, 1.807) is 9.47 Å². The van der Waals surface area contributed by atoms with Gasteiger partial charge in [-0.2, -0.15) is 0 Å². The van der Waals surface area contributed by atoms with Crippen molar-refractivity contribution in [3.05, 3.63) is 51.1 Å². The molecule has 0 radical (unpaired) electrons. The van der Waals surface area contributed by atoms with E-state index in [1.807, 2.05) is 42.6 Å². The van der Waals surface area contributed by atoms with Gasteiger partial charge in [0, 0.05) is 42.8 Å². The van der Waals surface area contributed by atoms with Gasteiger partial charge in [0.2, 0.25) is 11.8 Å². The maximum absolute atomic E-state index is 12.5. The quantitative estimate of drug-likeness (QED) is 0.828. The number of aryl methyl sites for hydroxylation is 1. The van der Waals surface area contributed by atoms with Gasteiger partial charge in [-0.15, -0.1) is 0 Å². The molecule has 0 unspecified atom stereocenters. The molecule has 0 spiro atoms. The molecule has 1 saturated heterocycles. The third-order valence-corrected chi connectivity index (χ3v) is 5.82. The molecule has 1 fully saturated rings. The van der Waals surface area contributed by atoms with Crippen molar-refractivity contribution in [3.8, 4) is 0 Å². The lowest BCUT2D eigenvalue weighted by atomic mass is 9.96. The standard InChI is InChI=1S/C20H25N3O3S/c1-15-14-27-20(26)23(15)12-6-10-18(24)22-11-5-7-16(13-22)19(25)21-17-8-3-2-4-9-17/h2-4,8-9,14,16H,5-7,10-13H2,1H3,(H,21,25)/t16-/m0/s1. The number of hydrogen-bond acceptors (Lipinski definition) is 4. The van der Waals surface area contributed by atoms with Crippen LogP contribution in [0.15, 0.2) is 40.5 Å². The number of aromatic nitrogens is 1. The van der Waals surface area contributed by atoms with E-state index in [-0.39, 0.29) is 22.6 Å². The summed E-state index contributed by atoms with van der Waals surface area (Å²) in [6.45, 7) is 3.63. The third kappa shape index (κ3) is 5.07. The molecule has 0 aliphatic carbocycles. The van der Waals surface area contributed by atoms with Gasteiger partial charge in [-0.1, -0.05) is 29.5 Å². The number of benzene rings is 1. The van der Waals surface area contributed by atoms with Crippen LogP contribution >= 0.6 is 11.3 Å². The number of hydrogen-bond donors (Lipinski definition) is 1. The average molecular weight is 388 g/mol. The van der Waals surface area contributed by atoms with Crippen molar-refractivity contribution in [1.29, 1.82) is 0 Å². The molecule has 1 aliphatic rings. The number of rotatable bonds is 6. The van der Waals surface area contributed by atoms with Crippen molar-refractivity contribution < 1.29 is 9.59 Å². The van der Waals surface area contributed by atoms with Crippen LogP contribution in [-0.2, 0) is 16.1 Å². The van der Waals surface area contributed by atoms with Crippen LogP contribution in [0.1, 0.15) is 31.4 Å². The molecule has 1 aromatic carbocycles. The van der Waals surface area contributed by atoms with Gasteiger partial charge in [-0.25, -0.2) is 0 Å². The van der Waals surface area contributed by atoms with Crippen molar-refractivity contribution in [1.82, 2.24) is 9.47 Å². The minimum Gasteiger partial charge on any atom is -0.342 e. The summed E-state index contributed by atoms with van der Waals surface area (Å²) in [5.41, 5.74) is 1.72. The Morgan fingerprint density at radius 2 is 2.04 bits per heavy atom. The molecular weight excluding hydrogens is 362 g/mol. The molecule has 1 atom stereocenters. The molecule has 3 rings (SSSR count). The first-order valence-corrected chi connectivity index (χ1v) is 10.2. The van der Waals surface area contributed by atoms with Crippen LogP contribution < -0.4 is 10.2 Å². The molecule has 0 bridgehead atoms. The largest absolute Gasteiger partial charge is 0.342 e. The number of nitrogens with zero attached hydrogens (tertiary/aromatic N) is 2. The number of amides is 2. The zero-order chi connectivity index (χ0) is 19.2. The zero-order valence-corrected chi connectivity index (χ0v) is 16.3. The van der Waals surface area contributed by atoms with E-state index in [1.165, 1.54) is 11.3 Å². The summed E-state index contributed by atoms with van der Waals surface area (Å²) in [6.07, 6.45) is 2.66. The molecule has 2 amide bonds. The first-order valence-electron chi connectivity index (χ1n) is 9.33. The molecule has 6 nitrogen and oxygen atoms in total. The van der Waals surface area contributed by atoms with Gasteiger partial charge in [0.05, 0.1) is 5.92 Å². The number of carbonyl (C=O) groups excluding carboxylic acids is 2. The highest BCUT2D eigenvalue weighted by atomic mass is 32.1. The van der Waals surface area contributed by atoms with Crippen LogP contribution in [0.25, 0.3) is 0 Å². The molecule has 7 heteroatoms. The summed E-state index contributed by atoms with van der Waals surface area (Å²) in [6, 6.07) is 9.39. The molecule has 27 heavy (non-hydrogen) atoms. The number of para-hydroxylation sites is 1. The fraction of sp³-hybridized carbons (Fsp3) is 0.450. The first-order chi connectivity index (χ1) is 13.0. The molecule has 0 saturated carbocycles. The van der Waals surface area contributed by atoms with E-state index in [0.717, 1.165) is 24.2 Å². The van der Waals surface area contributed by atoms with Crippen molar-refractivity contribution in [2.75, 3.05) is 18.4 Å². The number of nitrogens with one attached hydrogen (secondary N) is 1. The molecule has 1 aromatic heterocycles. The molecule has 1 N–H and O–H groups in total. The van der Waals surface area contributed by atoms with Crippen molar-refractivity contribution in [2.24, 2.45) is 5.92 Å². The fourth-order valence-electron chi connectivity index (χ4n) is 3.40. The Bertz CT molecular complexity index is 844. The number of carbonyl (C=O) groups is 2. The smallest absolute Gasteiger partial charge is 0.307 e. The molecular formula is C20H25N3O3S. The SMILES string of the molecule is Cc1csc(=O)n1CCCC(=O)N1CCC[C@H](C(=O)Nc2ccccc2)C1. The number of anilines is 1. The van der Waals surface area contributed by atoms with Gasteiger partial charge in [-0.3, -0.25) is 14.4 Å². The Morgan fingerprint density at radius 1 is 1.26 bits per heavy atom. The van der Waals surface area contributed by atoms with Crippen LogP contribution in [0.5, 0.6) is 0 Å². The highest BCUT2D eigenvalue weighted by molar-refractivity contribution is 7.07. The van der Waals surface area contributed by atoms with Gasteiger partial charge < -0.3 is 14.8 Å². The normalized spacial score (nSPS) is 16.9. The Kier molecular flexibility index (Phi) is 6.45. The third-order valence-electron chi connectivity index (χ3n) is 4.94. The molecule has 1 aliphatic heterocycles. The highest BCUT2D eigenvalue weighted by Crippen LogP contribution is 2.20. The lowest BCUT2D eigenvalue weighted by Gasteiger charge is -2.32. The van der Waals surface area contributed by atoms with Crippen LogP contribution in [0, 0.1) is 12.8 Å². The number of likely N-dealkylation sites (tertiary alicyclic amines) is 1. The summed E-state index contributed by atoms with van der Waals surface area (Å²) < 4.78 is 1.71. The minimum atomic E-state index is -0.176. The summed E-state index contributed by atoms with van der Waals surface area (Å²) >= 11 is 1.19. The Hall–Kier alpha value is -2.41. The van der Waals surface area contributed by atoms with Crippen LogP contribution in [0.4, 0.5) is 5.69 Å². The van der Waals surface area contributed by atoms with Gasteiger partial charge in [-0.05, 0) is 38.3 Å². The minimum absolute atomic E-state index is 0.0237. The predicted octanol–water partition coefficient (Wildman–Crippen LogP) is 2.88. The lowest BCUT2D eigenvalue weighted by Crippen LogP contribution is -2.43. The maximum Gasteiger partial charge on any atom is 0.307 e. The number of thiazole rings is 1. The average Bonchev–Trinajstić information content (AvgIpc) is 3.01. The van der Waals surface area contributed by atoms with E-state index in [2.05, 4.69) is 5.32 Å². The zero-order valence-electron chi connectivity index (χ0n) is 15.5. The maximum atomic E-state index is 12.5. The van der Waals surface area contributed by atoms with Crippen molar-refractivity contribution in [3.63, 3.8) is 0 Å². The Balaban J connectivity index is 1.49. The van der Waals surface area contributed by atoms with Gasteiger partial charge in [0.15, 0.2) is 0 Å². The summed E-state index contributed by atoms with van der Waals surface area (Å²) in [7, 11) is 0. The first kappa shape index (κ1) is 19.4. The highest BCUT2D eigenvalue weighted by Gasteiger charge is 2.28. The van der Waals surface area contributed by atoms with Gasteiger partial charge >= 0.3 is 4.87 Å². The van der Waals surface area contributed by atoms with Crippen LogP contribution in [-0.4, -0.2) is 34.4 Å². The lowest BCUT2D eigenvalue weighted by molar-refractivity contribution is -0.134. The Morgan fingerprint density at radius 3 is 2.74 bits per heavy atom. The van der Waals surface area contributed by atoms with E-state index < -0.39 is 0 Å². The Labute approximate surface area is 162 Å². The van der Waals surface area contributed by atoms with Gasteiger partial charge in [0.25, 0.3) is 0 Å². The second-order valence-corrected chi connectivity index (χ2v) is 7.75. The number of piperidine rings is 1. The van der Waals surface area contributed by atoms with Crippen molar-refractivity contribution in [2.45, 2.75) is 39.2 Å². The van der Waals surface area contributed by atoms with Crippen LogP contribution in [0.2, 0.25) is 0 Å². The summed E-state index contributed by atoms with van der Waals surface area (Å²) in [5, 5.41) is 4.77. The monoisotopic (exact) mass is 387 g/mol. The molecule has 144 valence electrons. The van der Waals surface area contributed by atoms with E-state index in [4.69, 9.17) is 0 Å². The summed E-state index contributed by atoms with van der Waals surface area (Å²) in [5.74, 6) is -0.142. The molecule has 2 heterocycles. The van der Waals surface area contributed by atoms with Crippen molar-refractivity contribution >= 4 is 28.8 Å². The van der Waals surface area contributed by atoms with E-state index >= 15 is 0 Å². The molecule has 2 aromatic rings. The van der Waals surface area contributed by atoms with Crippen LogP contribution in [0.3, 0.4) is 0 Å². The van der Waals surface area contributed by atoms with Gasteiger partial charge in [0.1, 0.15) is 0 Å². The second kappa shape index (κ2) is 8.99. The topological polar surface area (TPSA) is 71.4 Å². The van der Waals surface area contributed by atoms with E-state index in [0.29, 0.717) is 32.5 Å².